The Kier molecular flexibility index (Phi) is 4.43. The monoisotopic (exact) mass is 331 g/mol. The van der Waals surface area contributed by atoms with Crippen molar-refractivity contribution in [3.05, 3.63) is 63.8 Å². The molecule has 2 aromatic heterocycles. The average molecular weight is 332 g/mol. The highest BCUT2D eigenvalue weighted by molar-refractivity contribution is 6.29. The minimum Gasteiger partial charge on any atom is -0.462 e. The molecule has 0 spiro atoms. The normalized spacial score (nSPS) is 10.8. The number of nitrogens with one attached hydrogen (secondary N) is 1. The number of aromatic amines is 1. The van der Waals surface area contributed by atoms with Crippen molar-refractivity contribution in [1.82, 2.24) is 14.5 Å². The highest BCUT2D eigenvalue weighted by Gasteiger charge is 2.09. The first kappa shape index (κ1) is 15.3. The fourth-order valence-electron chi connectivity index (χ4n) is 2.30. The van der Waals surface area contributed by atoms with Crippen LogP contribution in [0.1, 0.15) is 16.8 Å². The summed E-state index contributed by atoms with van der Waals surface area (Å²) in [6.45, 7) is 0.683. The van der Waals surface area contributed by atoms with E-state index in [2.05, 4.69) is 9.97 Å². The molecule has 0 saturated heterocycles. The lowest BCUT2D eigenvalue weighted by atomic mass is 10.3. The Balaban J connectivity index is 1.57. The van der Waals surface area contributed by atoms with Gasteiger partial charge in [0.1, 0.15) is 5.15 Å². The molecular formula is C16H14ClN3O3. The van der Waals surface area contributed by atoms with Gasteiger partial charge in [0.2, 0.25) is 0 Å². The summed E-state index contributed by atoms with van der Waals surface area (Å²) in [6.07, 6.45) is 1.91. The van der Waals surface area contributed by atoms with Crippen LogP contribution in [0.25, 0.3) is 11.0 Å². The number of ether oxygens (including phenoxy) is 1. The molecule has 118 valence electrons. The molecule has 7 heteroatoms. The molecule has 1 N–H and O–H groups in total. The van der Waals surface area contributed by atoms with Gasteiger partial charge in [-0.1, -0.05) is 23.7 Å². The number of carbonyl (C=O) groups excluding carboxylic acids is 1. The summed E-state index contributed by atoms with van der Waals surface area (Å²) in [4.78, 5) is 30.3. The van der Waals surface area contributed by atoms with Gasteiger partial charge in [-0.25, -0.2) is 14.6 Å². The first-order valence-corrected chi connectivity index (χ1v) is 7.49. The fraction of sp³-hybridized carbons (Fsp3) is 0.188. The van der Waals surface area contributed by atoms with Crippen molar-refractivity contribution in [3.63, 3.8) is 0 Å². The number of aromatic nitrogens is 3. The summed E-state index contributed by atoms with van der Waals surface area (Å²) in [7, 11) is 0. The molecule has 0 aliphatic heterocycles. The maximum absolute atomic E-state index is 11.9. The number of hydrogen-bond acceptors (Lipinski definition) is 4. The second-order valence-corrected chi connectivity index (χ2v) is 5.35. The molecule has 0 aliphatic rings. The second-order valence-electron chi connectivity index (χ2n) is 4.96. The number of rotatable bonds is 5. The number of nitrogens with zero attached hydrogens (tertiary/aromatic N) is 2. The maximum Gasteiger partial charge on any atom is 0.339 e. The van der Waals surface area contributed by atoms with Crippen LogP contribution in [-0.2, 0) is 11.3 Å². The molecule has 0 aliphatic carbocycles. The first-order chi connectivity index (χ1) is 11.1. The van der Waals surface area contributed by atoms with Crippen LogP contribution in [0, 0.1) is 0 Å². The molecule has 2 heterocycles. The average Bonchev–Trinajstić information content (AvgIpc) is 2.87. The predicted octanol–water partition coefficient (Wildman–Crippen LogP) is 2.63. The zero-order valence-electron chi connectivity index (χ0n) is 12.2. The Morgan fingerprint density at radius 1 is 1.26 bits per heavy atom. The summed E-state index contributed by atoms with van der Waals surface area (Å²) >= 11 is 5.66. The predicted molar refractivity (Wildman–Crippen MR) is 86.7 cm³/mol. The minimum absolute atomic E-state index is 0.167. The van der Waals surface area contributed by atoms with Crippen LogP contribution >= 0.6 is 11.6 Å². The van der Waals surface area contributed by atoms with Gasteiger partial charge in [0, 0.05) is 12.7 Å². The number of esters is 1. The zero-order chi connectivity index (χ0) is 16.2. The first-order valence-electron chi connectivity index (χ1n) is 7.11. The number of para-hydroxylation sites is 2. The van der Waals surface area contributed by atoms with E-state index in [9.17, 15) is 9.59 Å². The summed E-state index contributed by atoms with van der Waals surface area (Å²) in [5.41, 5.74) is 1.81. The van der Waals surface area contributed by atoms with Crippen molar-refractivity contribution in [2.75, 3.05) is 6.61 Å². The number of pyridine rings is 1. The van der Waals surface area contributed by atoms with Crippen LogP contribution in [0.4, 0.5) is 0 Å². The molecule has 0 bridgehead atoms. The SMILES string of the molecule is O=C(OCCCn1c(=O)[nH]c2ccccc21)c1ccc(Cl)nc1. The van der Waals surface area contributed by atoms with E-state index in [4.69, 9.17) is 16.3 Å². The maximum atomic E-state index is 11.9. The topological polar surface area (TPSA) is 77.0 Å². The van der Waals surface area contributed by atoms with E-state index in [-0.39, 0.29) is 12.3 Å². The third kappa shape index (κ3) is 3.43. The van der Waals surface area contributed by atoms with Gasteiger partial charge in [0.15, 0.2) is 0 Å². The Labute approximate surface area is 136 Å². The number of hydrogen-bond donors (Lipinski definition) is 1. The minimum atomic E-state index is -0.458. The van der Waals surface area contributed by atoms with Crippen LogP contribution < -0.4 is 5.69 Å². The van der Waals surface area contributed by atoms with Gasteiger partial charge in [-0.15, -0.1) is 0 Å². The third-order valence-corrected chi connectivity index (χ3v) is 3.63. The van der Waals surface area contributed by atoms with Gasteiger partial charge < -0.3 is 9.72 Å². The summed E-state index contributed by atoms with van der Waals surface area (Å²) < 4.78 is 6.80. The highest BCUT2D eigenvalue weighted by Crippen LogP contribution is 2.10. The highest BCUT2D eigenvalue weighted by atomic mass is 35.5. The van der Waals surface area contributed by atoms with Crippen LogP contribution in [0.5, 0.6) is 0 Å². The van der Waals surface area contributed by atoms with E-state index in [1.54, 1.807) is 10.6 Å². The Morgan fingerprint density at radius 2 is 2.09 bits per heavy atom. The number of aryl methyl sites for hydroxylation is 1. The number of imidazole rings is 1. The van der Waals surface area contributed by atoms with E-state index in [0.717, 1.165) is 11.0 Å². The molecule has 0 fully saturated rings. The smallest absolute Gasteiger partial charge is 0.339 e. The molecular weight excluding hydrogens is 318 g/mol. The third-order valence-electron chi connectivity index (χ3n) is 3.40. The quantitative estimate of drug-likeness (QED) is 0.443. The Bertz CT molecular complexity index is 883. The molecule has 0 saturated carbocycles. The number of fused-ring (bicyclic) bond motifs is 1. The number of carbonyl (C=O) groups is 1. The van der Waals surface area contributed by atoms with Crippen molar-refractivity contribution in [2.45, 2.75) is 13.0 Å². The number of H-pyrrole nitrogens is 1. The molecule has 3 aromatic rings. The Morgan fingerprint density at radius 3 is 2.87 bits per heavy atom. The standard InChI is InChI=1S/C16H14ClN3O3/c17-14-7-6-11(10-18-14)15(21)23-9-3-8-20-13-5-2-1-4-12(13)19-16(20)22/h1-2,4-7,10H,3,8-9H2,(H,19,22). The van der Waals surface area contributed by atoms with Gasteiger partial charge in [-0.05, 0) is 30.7 Å². The van der Waals surface area contributed by atoms with Gasteiger partial charge in [0.05, 0.1) is 23.2 Å². The van der Waals surface area contributed by atoms with Crippen LogP contribution in [-0.4, -0.2) is 27.1 Å². The molecule has 6 nitrogen and oxygen atoms in total. The van der Waals surface area contributed by atoms with Crippen molar-refractivity contribution >= 4 is 28.6 Å². The van der Waals surface area contributed by atoms with Crippen LogP contribution in [0.15, 0.2) is 47.4 Å². The van der Waals surface area contributed by atoms with Gasteiger partial charge in [0.25, 0.3) is 0 Å². The zero-order valence-corrected chi connectivity index (χ0v) is 12.9. The molecule has 23 heavy (non-hydrogen) atoms. The van der Waals surface area contributed by atoms with E-state index >= 15 is 0 Å². The van der Waals surface area contributed by atoms with E-state index < -0.39 is 5.97 Å². The van der Waals surface area contributed by atoms with Crippen LogP contribution in [0.3, 0.4) is 0 Å². The lowest BCUT2D eigenvalue weighted by Crippen LogP contribution is -2.18. The number of halogens is 1. The van der Waals surface area contributed by atoms with E-state index in [1.807, 2.05) is 24.3 Å². The van der Waals surface area contributed by atoms with Crippen molar-refractivity contribution in [3.8, 4) is 0 Å². The van der Waals surface area contributed by atoms with Crippen molar-refractivity contribution in [1.29, 1.82) is 0 Å². The largest absolute Gasteiger partial charge is 0.462 e. The molecule has 3 rings (SSSR count). The molecule has 0 atom stereocenters. The lowest BCUT2D eigenvalue weighted by Gasteiger charge is -2.06. The molecule has 0 amide bonds. The van der Waals surface area contributed by atoms with Gasteiger partial charge in [-0.3, -0.25) is 4.57 Å². The molecule has 1 aromatic carbocycles. The molecule has 0 radical (unpaired) electrons. The van der Waals surface area contributed by atoms with Gasteiger partial charge in [-0.2, -0.15) is 0 Å². The van der Waals surface area contributed by atoms with Crippen LogP contribution in [0.2, 0.25) is 5.15 Å². The summed E-state index contributed by atoms with van der Waals surface area (Å²) in [6, 6.07) is 10.6. The second kappa shape index (κ2) is 6.66. The van der Waals surface area contributed by atoms with E-state index in [1.165, 1.54) is 12.3 Å². The van der Waals surface area contributed by atoms with E-state index in [0.29, 0.717) is 23.7 Å². The van der Waals surface area contributed by atoms with Crippen molar-refractivity contribution in [2.24, 2.45) is 0 Å². The summed E-state index contributed by atoms with van der Waals surface area (Å²) in [5.74, 6) is -0.458. The Hall–Kier alpha value is -2.60. The lowest BCUT2D eigenvalue weighted by molar-refractivity contribution is 0.0495. The van der Waals surface area contributed by atoms with Gasteiger partial charge >= 0.3 is 11.7 Å². The molecule has 0 unspecified atom stereocenters. The fourth-order valence-corrected chi connectivity index (χ4v) is 2.41. The van der Waals surface area contributed by atoms with Crippen molar-refractivity contribution < 1.29 is 9.53 Å². The number of benzene rings is 1. The summed E-state index contributed by atoms with van der Waals surface area (Å²) in [5, 5.41) is 0.320.